The number of nitrogen functional groups attached to an aromatic ring is 1. The van der Waals surface area contributed by atoms with Crippen molar-refractivity contribution in [2.24, 2.45) is 5.10 Å². The van der Waals surface area contributed by atoms with Crippen LogP contribution in [0.3, 0.4) is 0 Å². The summed E-state index contributed by atoms with van der Waals surface area (Å²) >= 11 is 1.10. The second-order valence-electron chi connectivity index (χ2n) is 4.91. The number of carbonyl (C=O) groups is 1. The molecule has 0 saturated heterocycles. The number of nitrogens with two attached hydrogens (primary N) is 1. The highest BCUT2D eigenvalue weighted by Gasteiger charge is 2.12. The first-order valence-corrected chi connectivity index (χ1v) is 8.31. The van der Waals surface area contributed by atoms with Gasteiger partial charge < -0.3 is 15.6 Å². The fourth-order valence-electron chi connectivity index (χ4n) is 1.83. The Morgan fingerprint density at radius 3 is 2.88 bits per heavy atom. The second-order valence-corrected chi connectivity index (χ2v) is 5.85. The zero-order valence-electron chi connectivity index (χ0n) is 13.3. The lowest BCUT2D eigenvalue weighted by atomic mass is 10.3. The first-order valence-electron chi connectivity index (χ1n) is 7.33. The molecule has 26 heavy (non-hydrogen) atoms. The Bertz CT molecular complexity index is 893. The van der Waals surface area contributed by atoms with E-state index in [-0.39, 0.29) is 23.4 Å². The summed E-state index contributed by atoms with van der Waals surface area (Å²) in [5.74, 6) is 6.03. The topological polar surface area (TPSA) is 123 Å². The van der Waals surface area contributed by atoms with E-state index in [1.54, 1.807) is 12.1 Å². The second kappa shape index (κ2) is 8.16. The van der Waals surface area contributed by atoms with Crippen molar-refractivity contribution in [1.29, 1.82) is 0 Å². The number of halogens is 1. The molecule has 0 unspecified atom stereocenters. The van der Waals surface area contributed by atoms with Gasteiger partial charge in [-0.15, -0.1) is 10.2 Å². The minimum atomic E-state index is -0.372. The maximum Gasteiger partial charge on any atom is 0.264 e. The molecule has 0 bridgehead atoms. The molecule has 0 aliphatic carbocycles. The average molecular weight is 375 g/mol. The van der Waals surface area contributed by atoms with Crippen LogP contribution in [-0.4, -0.2) is 32.7 Å². The number of aromatic nitrogens is 3. The van der Waals surface area contributed by atoms with Gasteiger partial charge in [-0.25, -0.2) is 14.5 Å². The van der Waals surface area contributed by atoms with E-state index in [4.69, 9.17) is 10.3 Å². The fraction of sp³-hybridized carbons (Fsp3) is 0.0667. The Morgan fingerprint density at radius 2 is 2.15 bits per heavy atom. The Hall–Kier alpha value is -3.34. The number of hydrogen-bond acceptors (Lipinski definition) is 8. The van der Waals surface area contributed by atoms with Crippen molar-refractivity contribution in [3.05, 3.63) is 54.2 Å². The highest BCUT2D eigenvalue weighted by molar-refractivity contribution is 7.99. The van der Waals surface area contributed by atoms with Gasteiger partial charge in [-0.3, -0.25) is 4.79 Å². The third-order valence-corrected chi connectivity index (χ3v) is 3.97. The van der Waals surface area contributed by atoms with Gasteiger partial charge in [0.05, 0.1) is 18.2 Å². The van der Waals surface area contributed by atoms with E-state index in [0.717, 1.165) is 11.8 Å². The lowest BCUT2D eigenvalue weighted by Crippen LogP contribution is -2.16. The molecule has 11 heteroatoms. The summed E-state index contributed by atoms with van der Waals surface area (Å²) in [5.41, 5.74) is 3.13. The molecule has 9 nitrogen and oxygen atoms in total. The quantitative estimate of drug-likeness (QED) is 0.249. The fourth-order valence-corrected chi connectivity index (χ4v) is 2.49. The molecule has 0 spiro atoms. The van der Waals surface area contributed by atoms with Crippen LogP contribution in [0.25, 0.3) is 0 Å². The van der Waals surface area contributed by atoms with Gasteiger partial charge >= 0.3 is 0 Å². The number of furan rings is 1. The van der Waals surface area contributed by atoms with E-state index in [1.165, 1.54) is 41.4 Å². The van der Waals surface area contributed by atoms with Gasteiger partial charge in [0.2, 0.25) is 11.1 Å². The number of nitrogens with zero attached hydrogens (tertiary/aromatic N) is 4. The number of amides is 1. The van der Waals surface area contributed by atoms with Crippen molar-refractivity contribution < 1.29 is 13.6 Å². The van der Waals surface area contributed by atoms with Crippen LogP contribution in [-0.2, 0) is 4.79 Å². The maximum absolute atomic E-state index is 12.8. The molecule has 3 rings (SSSR count). The molecule has 0 saturated carbocycles. The van der Waals surface area contributed by atoms with Crippen molar-refractivity contribution in [3.8, 4) is 0 Å². The summed E-state index contributed by atoms with van der Waals surface area (Å²) < 4.78 is 19.1. The largest absolute Gasteiger partial charge is 0.463 e. The van der Waals surface area contributed by atoms with Crippen molar-refractivity contribution in [1.82, 2.24) is 14.9 Å². The minimum absolute atomic E-state index is 0.0579. The molecular weight excluding hydrogens is 361 g/mol. The minimum Gasteiger partial charge on any atom is -0.463 e. The molecular formula is C15H14FN7O2S. The predicted molar refractivity (Wildman–Crippen MR) is 95.9 cm³/mol. The number of rotatable bonds is 7. The number of hydrogen-bond donors (Lipinski definition) is 3. The molecule has 2 aromatic heterocycles. The summed E-state index contributed by atoms with van der Waals surface area (Å²) in [6.07, 6.45) is 2.98. The Kier molecular flexibility index (Phi) is 5.49. The summed E-state index contributed by atoms with van der Waals surface area (Å²) in [5, 5.41) is 14.6. The summed E-state index contributed by atoms with van der Waals surface area (Å²) in [6, 6.07) is 8.95. The van der Waals surface area contributed by atoms with Gasteiger partial charge in [0, 0.05) is 5.69 Å². The first kappa shape index (κ1) is 17.5. The molecule has 3 aromatic rings. The van der Waals surface area contributed by atoms with Crippen LogP contribution < -0.4 is 16.6 Å². The average Bonchev–Trinajstić information content (AvgIpc) is 3.26. The SMILES string of the molecule is Nn1c(N/N=C/c2ccco2)nnc1SCC(=O)Nc1ccc(F)cc1. The number of hydrazone groups is 1. The number of anilines is 2. The molecule has 1 aromatic carbocycles. The normalized spacial score (nSPS) is 11.0. The van der Waals surface area contributed by atoms with Crippen molar-refractivity contribution in [3.63, 3.8) is 0 Å². The number of carbonyl (C=O) groups excluding carboxylic acids is 1. The van der Waals surface area contributed by atoms with Crippen molar-refractivity contribution >= 4 is 35.5 Å². The standard InChI is InChI=1S/C15H14FN7O2S/c16-10-3-5-11(6-4-10)19-13(24)9-26-15-22-21-14(23(15)17)20-18-8-12-2-1-7-25-12/h1-8H,9,17H2,(H,19,24)(H,20,21)/b18-8+. The van der Waals surface area contributed by atoms with Crippen molar-refractivity contribution in [2.75, 3.05) is 22.3 Å². The van der Waals surface area contributed by atoms with Gasteiger partial charge in [0.25, 0.3) is 5.95 Å². The summed E-state index contributed by atoms with van der Waals surface area (Å²) in [7, 11) is 0. The van der Waals surface area contributed by atoms with Crippen LogP contribution in [0.1, 0.15) is 5.76 Å². The molecule has 0 fully saturated rings. The smallest absolute Gasteiger partial charge is 0.264 e. The first-order chi connectivity index (χ1) is 12.6. The lowest BCUT2D eigenvalue weighted by Gasteiger charge is -2.05. The molecule has 134 valence electrons. The van der Waals surface area contributed by atoms with Crippen LogP contribution >= 0.6 is 11.8 Å². The van der Waals surface area contributed by atoms with Gasteiger partial charge in [-0.2, -0.15) is 5.10 Å². The molecule has 1 amide bonds. The van der Waals surface area contributed by atoms with E-state index in [2.05, 4.69) is 26.0 Å². The van der Waals surface area contributed by atoms with Crippen LogP contribution in [0.15, 0.2) is 57.3 Å². The molecule has 0 aliphatic heterocycles. The molecule has 0 atom stereocenters. The van der Waals surface area contributed by atoms with E-state index in [9.17, 15) is 9.18 Å². The van der Waals surface area contributed by atoms with Crippen LogP contribution in [0, 0.1) is 5.82 Å². The van der Waals surface area contributed by atoms with Crippen LogP contribution in [0.5, 0.6) is 0 Å². The predicted octanol–water partition coefficient (Wildman–Crippen LogP) is 1.90. The molecule has 0 radical (unpaired) electrons. The summed E-state index contributed by atoms with van der Waals surface area (Å²) in [6.45, 7) is 0. The van der Waals surface area contributed by atoms with E-state index < -0.39 is 0 Å². The monoisotopic (exact) mass is 375 g/mol. The number of benzene rings is 1. The van der Waals surface area contributed by atoms with E-state index >= 15 is 0 Å². The van der Waals surface area contributed by atoms with Crippen molar-refractivity contribution in [2.45, 2.75) is 5.16 Å². The molecule has 4 N–H and O–H groups in total. The van der Waals surface area contributed by atoms with E-state index in [1.807, 2.05) is 0 Å². The van der Waals surface area contributed by atoms with Gasteiger partial charge in [0.15, 0.2) is 0 Å². The van der Waals surface area contributed by atoms with Crippen LogP contribution in [0.2, 0.25) is 0 Å². The Morgan fingerprint density at radius 1 is 1.35 bits per heavy atom. The third-order valence-electron chi connectivity index (χ3n) is 3.02. The zero-order valence-corrected chi connectivity index (χ0v) is 14.1. The number of thioether (sulfide) groups is 1. The highest BCUT2D eigenvalue weighted by Crippen LogP contribution is 2.17. The summed E-state index contributed by atoms with van der Waals surface area (Å²) in [4.78, 5) is 11.9. The van der Waals surface area contributed by atoms with Gasteiger partial charge in [-0.1, -0.05) is 11.8 Å². The van der Waals surface area contributed by atoms with Gasteiger partial charge in [-0.05, 0) is 36.4 Å². The zero-order chi connectivity index (χ0) is 18.4. The number of nitrogens with one attached hydrogen (secondary N) is 2. The Labute approximate surface area is 151 Å². The van der Waals surface area contributed by atoms with Crippen LogP contribution in [0.4, 0.5) is 16.0 Å². The molecule has 0 aliphatic rings. The van der Waals surface area contributed by atoms with E-state index in [0.29, 0.717) is 16.6 Å². The third kappa shape index (κ3) is 4.60. The highest BCUT2D eigenvalue weighted by atomic mass is 32.2. The molecule has 2 heterocycles. The van der Waals surface area contributed by atoms with Gasteiger partial charge in [0.1, 0.15) is 11.6 Å². The Balaban J connectivity index is 1.51. The maximum atomic E-state index is 12.8. The lowest BCUT2D eigenvalue weighted by molar-refractivity contribution is -0.113.